The lowest BCUT2D eigenvalue weighted by Crippen LogP contribution is -2.36. The Balaban J connectivity index is 1.54. The van der Waals surface area contributed by atoms with Crippen molar-refractivity contribution in [1.29, 1.82) is 0 Å². The Labute approximate surface area is 194 Å². The highest BCUT2D eigenvalue weighted by Crippen LogP contribution is 2.70. The van der Waals surface area contributed by atoms with E-state index in [1.807, 2.05) is 13.8 Å². The van der Waals surface area contributed by atoms with Crippen LogP contribution >= 0.6 is 0 Å². The van der Waals surface area contributed by atoms with Gasteiger partial charge in [0.2, 0.25) is 11.8 Å². The van der Waals surface area contributed by atoms with Crippen molar-refractivity contribution in [3.8, 4) is 0 Å². The van der Waals surface area contributed by atoms with Gasteiger partial charge in [0.05, 0.1) is 10.9 Å². The molecule has 184 valence electrons. The number of nitrogens with two attached hydrogens (primary N) is 1. The van der Waals surface area contributed by atoms with E-state index >= 15 is 0 Å². The van der Waals surface area contributed by atoms with Gasteiger partial charge >= 0.3 is 0 Å². The molecule has 3 aliphatic rings. The van der Waals surface area contributed by atoms with Gasteiger partial charge in [-0.15, -0.1) is 0 Å². The molecule has 2 aromatic heterocycles. The quantitative estimate of drug-likeness (QED) is 0.579. The number of fused-ring (bicyclic) bond motifs is 2. The smallest absolute Gasteiger partial charge is 0.268 e. The van der Waals surface area contributed by atoms with Crippen molar-refractivity contribution in [2.24, 2.45) is 28.4 Å². The normalized spacial score (nSPS) is 36.5. The van der Waals surface area contributed by atoms with Gasteiger partial charge in [-0.2, -0.15) is 0 Å². The molecule has 3 N–H and O–H groups in total. The fourth-order valence-corrected chi connectivity index (χ4v) is 7.47. The number of aromatic nitrogens is 2. The van der Waals surface area contributed by atoms with Crippen LogP contribution in [0.15, 0.2) is 23.1 Å². The summed E-state index contributed by atoms with van der Waals surface area (Å²) in [5, 5.41) is 0.0375. The molecule has 5 atom stereocenters. The number of hydrogen-bond acceptors (Lipinski definition) is 3. The number of alkyl halides is 4. The number of amides is 1. The first-order valence-electron chi connectivity index (χ1n) is 11.8. The number of pyridine rings is 2. The van der Waals surface area contributed by atoms with E-state index in [0.29, 0.717) is 24.1 Å². The van der Waals surface area contributed by atoms with Crippen LogP contribution in [0.25, 0.3) is 10.9 Å². The molecule has 2 heterocycles. The maximum atomic E-state index is 14.6. The lowest BCUT2D eigenvalue weighted by molar-refractivity contribution is -0.0647. The molecule has 0 saturated heterocycles. The van der Waals surface area contributed by atoms with E-state index in [0.717, 1.165) is 0 Å². The largest absolute Gasteiger partial charge is 0.364 e. The summed E-state index contributed by atoms with van der Waals surface area (Å²) >= 11 is 0. The Kier molecular flexibility index (Phi) is 4.99. The maximum Gasteiger partial charge on any atom is 0.268 e. The number of nitrogens with one attached hydrogen (secondary N) is 1. The van der Waals surface area contributed by atoms with E-state index in [1.165, 1.54) is 18.3 Å². The third kappa shape index (κ3) is 3.62. The minimum atomic E-state index is -2.88. The number of aromatic amines is 1. The molecule has 0 spiro atoms. The molecule has 9 heteroatoms. The first-order chi connectivity index (χ1) is 15.7. The topological polar surface area (TPSA) is 88.8 Å². The zero-order valence-corrected chi connectivity index (χ0v) is 19.3. The predicted octanol–water partition coefficient (Wildman–Crippen LogP) is 5.39. The maximum absolute atomic E-state index is 14.6. The Hall–Kier alpha value is -2.45. The van der Waals surface area contributed by atoms with Crippen LogP contribution in [0.1, 0.15) is 80.9 Å². The van der Waals surface area contributed by atoms with Crippen molar-refractivity contribution < 1.29 is 22.4 Å². The third-order valence-corrected chi connectivity index (χ3v) is 9.06. The van der Waals surface area contributed by atoms with Crippen molar-refractivity contribution in [2.75, 3.05) is 0 Å². The number of halogens is 4. The second kappa shape index (κ2) is 7.28. The molecule has 0 bridgehead atoms. The van der Waals surface area contributed by atoms with Crippen LogP contribution in [-0.4, -0.2) is 27.7 Å². The Bertz CT molecular complexity index is 1210. The SMILES string of the molecule is C[C@@]12CC(C3CCC(F)(F)CC3c3cc(=O)c4c(C(N)=O)nccc4[nH]3)C[C@]1(C)CC(F)(F)C2. The standard InChI is InChI=1S/C25H29F4N3O2/c1-22-8-13(9-23(22,2)12-25(28,29)11-22)14-3-5-24(26,27)10-15(14)17-7-18(33)19-16(32-17)4-6-31-20(19)21(30)34/h4,6-7,13-15H,3,5,8-12H2,1-2H3,(H2,30,34)(H,32,33)/t13?,14?,15?,22-,23+. The van der Waals surface area contributed by atoms with Crippen molar-refractivity contribution in [3.63, 3.8) is 0 Å². The average molecular weight is 480 g/mol. The molecule has 0 radical (unpaired) electrons. The number of hydrogen-bond donors (Lipinski definition) is 2. The van der Waals surface area contributed by atoms with Crippen molar-refractivity contribution >= 4 is 16.8 Å². The minimum Gasteiger partial charge on any atom is -0.364 e. The molecule has 0 aromatic carbocycles. The molecule has 5 rings (SSSR count). The lowest BCUT2D eigenvalue weighted by atomic mass is 9.68. The summed E-state index contributed by atoms with van der Waals surface area (Å²) in [5.74, 6) is -7.17. The van der Waals surface area contributed by atoms with E-state index in [2.05, 4.69) is 9.97 Å². The molecular formula is C25H29F4N3O2. The Morgan fingerprint density at radius 2 is 1.74 bits per heavy atom. The molecule has 1 amide bonds. The summed E-state index contributed by atoms with van der Waals surface area (Å²) in [6.45, 7) is 3.83. The van der Waals surface area contributed by atoms with Crippen molar-refractivity contribution in [1.82, 2.24) is 9.97 Å². The van der Waals surface area contributed by atoms with Crippen LogP contribution in [0.5, 0.6) is 0 Å². The van der Waals surface area contributed by atoms with Gasteiger partial charge in [-0.3, -0.25) is 14.6 Å². The van der Waals surface area contributed by atoms with Crippen LogP contribution in [0, 0.1) is 22.7 Å². The summed E-state index contributed by atoms with van der Waals surface area (Å²) < 4.78 is 57.8. The summed E-state index contributed by atoms with van der Waals surface area (Å²) in [6, 6.07) is 2.80. The van der Waals surface area contributed by atoms with Crippen LogP contribution in [0.3, 0.4) is 0 Å². The van der Waals surface area contributed by atoms with E-state index in [1.54, 1.807) is 0 Å². The van der Waals surface area contributed by atoms with Gasteiger partial charge in [0.25, 0.3) is 5.91 Å². The first kappa shape index (κ1) is 23.3. The van der Waals surface area contributed by atoms with Crippen molar-refractivity contribution in [3.05, 3.63) is 39.9 Å². The fourth-order valence-electron chi connectivity index (χ4n) is 7.47. The van der Waals surface area contributed by atoms with Gasteiger partial charge in [-0.25, -0.2) is 17.6 Å². The number of primary amides is 1. The molecule has 3 unspecified atom stereocenters. The van der Waals surface area contributed by atoms with Gasteiger partial charge < -0.3 is 10.7 Å². The molecule has 34 heavy (non-hydrogen) atoms. The molecule has 3 aliphatic carbocycles. The Morgan fingerprint density at radius 3 is 2.35 bits per heavy atom. The van der Waals surface area contributed by atoms with E-state index in [-0.39, 0.29) is 48.6 Å². The number of rotatable bonds is 3. The van der Waals surface area contributed by atoms with Gasteiger partial charge in [-0.1, -0.05) is 13.8 Å². The molecule has 5 nitrogen and oxygen atoms in total. The van der Waals surface area contributed by atoms with E-state index in [9.17, 15) is 27.2 Å². The van der Waals surface area contributed by atoms with Gasteiger partial charge in [0.1, 0.15) is 5.69 Å². The minimum absolute atomic E-state index is 0.0185. The molecule has 0 aliphatic heterocycles. The second-order valence-electron chi connectivity index (χ2n) is 11.4. The Morgan fingerprint density at radius 1 is 1.09 bits per heavy atom. The third-order valence-electron chi connectivity index (χ3n) is 9.06. The van der Waals surface area contributed by atoms with Gasteiger partial charge in [0.15, 0.2) is 5.43 Å². The van der Waals surface area contributed by atoms with Crippen LogP contribution < -0.4 is 11.2 Å². The molecular weight excluding hydrogens is 450 g/mol. The van der Waals surface area contributed by atoms with Gasteiger partial charge in [0, 0.05) is 49.6 Å². The predicted molar refractivity (Wildman–Crippen MR) is 119 cm³/mol. The molecule has 2 aromatic rings. The second-order valence-corrected chi connectivity index (χ2v) is 11.4. The monoisotopic (exact) mass is 479 g/mol. The number of carbonyl (C=O) groups is 1. The molecule has 3 saturated carbocycles. The zero-order chi connectivity index (χ0) is 24.7. The summed E-state index contributed by atoms with van der Waals surface area (Å²) in [7, 11) is 0. The van der Waals surface area contributed by atoms with E-state index in [4.69, 9.17) is 5.73 Å². The highest BCUT2D eigenvalue weighted by Gasteiger charge is 2.65. The van der Waals surface area contributed by atoms with Crippen molar-refractivity contribution in [2.45, 2.75) is 76.6 Å². The number of carbonyl (C=O) groups excluding carboxylic acids is 1. The highest BCUT2D eigenvalue weighted by molar-refractivity contribution is 6.03. The zero-order valence-electron chi connectivity index (χ0n) is 19.3. The number of H-pyrrole nitrogens is 1. The summed E-state index contributed by atoms with van der Waals surface area (Å²) in [6.07, 6.45) is 1.75. The lowest BCUT2D eigenvalue weighted by Gasteiger charge is -2.40. The van der Waals surface area contributed by atoms with Crippen LogP contribution in [0.2, 0.25) is 0 Å². The average Bonchev–Trinajstić information content (AvgIpc) is 3.04. The van der Waals surface area contributed by atoms with Gasteiger partial charge in [-0.05, 0) is 48.0 Å². The molecule has 3 fully saturated rings. The number of nitrogens with zero attached hydrogens (tertiary/aromatic N) is 1. The van der Waals surface area contributed by atoms with E-state index < -0.39 is 46.3 Å². The summed E-state index contributed by atoms with van der Waals surface area (Å²) in [5.41, 5.74) is 4.32. The van der Waals surface area contributed by atoms with Crippen LogP contribution in [-0.2, 0) is 0 Å². The fraction of sp³-hybridized carbons (Fsp3) is 0.640. The highest BCUT2D eigenvalue weighted by atomic mass is 19.3. The first-order valence-corrected chi connectivity index (χ1v) is 11.8. The summed E-state index contributed by atoms with van der Waals surface area (Å²) in [4.78, 5) is 31.7. The van der Waals surface area contributed by atoms with Crippen LogP contribution in [0.4, 0.5) is 17.6 Å².